The lowest BCUT2D eigenvalue weighted by Gasteiger charge is -2.28. The van der Waals surface area contributed by atoms with E-state index in [1.807, 2.05) is 0 Å². The largest absolute Gasteiger partial charge is 0.445 e. The average molecular weight is 476 g/mol. The molecule has 1 amide bonds. The van der Waals surface area contributed by atoms with E-state index in [1.165, 1.54) is 27.7 Å². The van der Waals surface area contributed by atoms with Crippen LogP contribution in [0.4, 0.5) is 31.1 Å². The molecule has 0 aliphatic carbocycles. The van der Waals surface area contributed by atoms with Crippen LogP contribution in [0.1, 0.15) is 33.3 Å². The maximum absolute atomic E-state index is 12.5. The number of nitrogens with one attached hydrogen (secondary N) is 1. The molecule has 0 fully saturated rings. The monoisotopic (exact) mass is 476 g/mol. The number of amides is 1. The molecule has 12 heteroatoms. The van der Waals surface area contributed by atoms with E-state index in [9.17, 15) is 36.2 Å². The molecule has 1 aromatic rings. The number of alkyl carbamates (subject to hydrolysis) is 1. The van der Waals surface area contributed by atoms with E-state index in [0.29, 0.717) is 5.56 Å². The zero-order valence-electron chi connectivity index (χ0n) is 18.1. The lowest BCUT2D eigenvalue weighted by Crippen LogP contribution is -2.52. The second-order valence-corrected chi connectivity index (χ2v) is 7.77. The van der Waals surface area contributed by atoms with Gasteiger partial charge in [-0.2, -0.15) is 26.3 Å². The summed E-state index contributed by atoms with van der Waals surface area (Å²) in [5.74, 6) is -0.988. The summed E-state index contributed by atoms with van der Waals surface area (Å²) >= 11 is 0. The fraction of sp³-hybridized carbons (Fsp3) is 0.650. The van der Waals surface area contributed by atoms with E-state index < -0.39 is 48.7 Å². The van der Waals surface area contributed by atoms with Crippen molar-refractivity contribution < 1.29 is 46.1 Å². The predicted octanol–water partition coefficient (Wildman–Crippen LogP) is 3.75. The number of aliphatic hydroxyl groups is 2. The summed E-state index contributed by atoms with van der Waals surface area (Å²) in [5.41, 5.74) is 5.79. The molecule has 0 bridgehead atoms. The Bertz CT molecular complexity index is 668. The van der Waals surface area contributed by atoms with E-state index in [0.717, 1.165) is 0 Å². The number of hydrogen-bond donors (Lipinski definition) is 4. The third-order valence-electron chi connectivity index (χ3n) is 4.36. The Morgan fingerprint density at radius 3 is 1.75 bits per heavy atom. The Hall–Kier alpha value is -2.05. The number of ether oxygens (including phenoxy) is 1. The van der Waals surface area contributed by atoms with Crippen molar-refractivity contribution in [3.05, 3.63) is 35.9 Å². The standard InChI is InChI=1S/C14H18F3NO3.C6H12F3NO/c1-9(2)11(12(19)14(15,16)17)18-13(20)21-8-10-6-4-3-5-7-10;1-3(2)4(10)5(11)6(7,8)9/h3-7,9,11-12,19H,8H2,1-2H3,(H,18,20);3-5,11H,10H2,1-2H3/t11-,12-;4-,5-/m00/s1. The van der Waals surface area contributed by atoms with Gasteiger partial charge in [0.2, 0.25) is 0 Å². The molecule has 0 unspecified atom stereocenters. The molecule has 32 heavy (non-hydrogen) atoms. The van der Waals surface area contributed by atoms with Gasteiger partial charge in [-0.3, -0.25) is 0 Å². The zero-order chi connectivity index (χ0) is 25.3. The van der Waals surface area contributed by atoms with Crippen molar-refractivity contribution in [3.63, 3.8) is 0 Å². The van der Waals surface area contributed by atoms with Crippen LogP contribution in [0.5, 0.6) is 0 Å². The van der Waals surface area contributed by atoms with Gasteiger partial charge >= 0.3 is 18.4 Å². The predicted molar refractivity (Wildman–Crippen MR) is 105 cm³/mol. The maximum atomic E-state index is 12.5. The van der Waals surface area contributed by atoms with Gasteiger partial charge in [0.1, 0.15) is 6.61 Å². The number of carbonyl (C=O) groups excluding carboxylic acids is 1. The van der Waals surface area contributed by atoms with Gasteiger partial charge in [-0.1, -0.05) is 58.0 Å². The molecule has 0 aliphatic rings. The summed E-state index contributed by atoms with van der Waals surface area (Å²) in [5, 5.41) is 19.9. The Morgan fingerprint density at radius 2 is 1.41 bits per heavy atom. The second-order valence-electron chi connectivity index (χ2n) is 7.77. The summed E-state index contributed by atoms with van der Waals surface area (Å²) < 4.78 is 77.6. The normalized spacial score (nSPS) is 16.0. The topological polar surface area (TPSA) is 105 Å². The first-order valence-electron chi connectivity index (χ1n) is 9.70. The van der Waals surface area contributed by atoms with Crippen molar-refractivity contribution in [2.45, 2.75) is 70.9 Å². The number of aliphatic hydroxyl groups excluding tert-OH is 2. The highest BCUT2D eigenvalue weighted by Crippen LogP contribution is 2.26. The van der Waals surface area contributed by atoms with Crippen LogP contribution in [-0.4, -0.2) is 53.0 Å². The Kier molecular flexibility index (Phi) is 12.0. The first kappa shape index (κ1) is 29.9. The van der Waals surface area contributed by atoms with Gasteiger partial charge in [0, 0.05) is 6.04 Å². The maximum Gasteiger partial charge on any atom is 0.416 e. The molecule has 4 atom stereocenters. The Labute approximate surface area is 182 Å². The summed E-state index contributed by atoms with van der Waals surface area (Å²) in [4.78, 5) is 11.6. The van der Waals surface area contributed by atoms with Crippen LogP contribution in [0.15, 0.2) is 30.3 Å². The molecule has 5 N–H and O–H groups in total. The number of carbonyl (C=O) groups is 1. The van der Waals surface area contributed by atoms with Crippen LogP contribution in [-0.2, 0) is 11.3 Å². The number of nitrogens with two attached hydrogens (primary N) is 1. The molecular weight excluding hydrogens is 446 g/mol. The fourth-order valence-corrected chi connectivity index (χ4v) is 2.30. The molecule has 0 aliphatic heterocycles. The number of halogens is 6. The Balaban J connectivity index is 0.000000739. The highest BCUT2D eigenvalue weighted by molar-refractivity contribution is 5.67. The average Bonchev–Trinajstić information content (AvgIpc) is 2.68. The smallest absolute Gasteiger partial charge is 0.416 e. The SMILES string of the molecule is CC(C)[C@H](N)[C@H](O)C(F)(F)F.CC(C)[C@H](NC(=O)OCc1ccccc1)[C@H](O)C(F)(F)F. The number of hydrogen-bond acceptors (Lipinski definition) is 5. The van der Waals surface area contributed by atoms with E-state index in [1.54, 1.807) is 30.3 Å². The number of rotatable bonds is 7. The van der Waals surface area contributed by atoms with Crippen LogP contribution >= 0.6 is 0 Å². The summed E-state index contributed by atoms with van der Waals surface area (Å²) in [6, 6.07) is 6.03. The number of benzene rings is 1. The molecule has 186 valence electrons. The van der Waals surface area contributed by atoms with Crippen molar-refractivity contribution >= 4 is 6.09 Å². The molecule has 0 saturated heterocycles. The van der Waals surface area contributed by atoms with Crippen LogP contribution in [0.25, 0.3) is 0 Å². The van der Waals surface area contributed by atoms with Gasteiger partial charge in [-0.25, -0.2) is 4.79 Å². The van der Waals surface area contributed by atoms with Crippen molar-refractivity contribution in [1.82, 2.24) is 5.32 Å². The van der Waals surface area contributed by atoms with E-state index in [-0.39, 0.29) is 12.5 Å². The van der Waals surface area contributed by atoms with Gasteiger partial charge in [0.15, 0.2) is 12.2 Å². The Morgan fingerprint density at radius 1 is 0.938 bits per heavy atom. The van der Waals surface area contributed by atoms with Crippen molar-refractivity contribution in [1.29, 1.82) is 0 Å². The molecule has 0 saturated carbocycles. The van der Waals surface area contributed by atoms with Gasteiger partial charge < -0.3 is 26.0 Å². The lowest BCUT2D eigenvalue weighted by molar-refractivity contribution is -0.214. The van der Waals surface area contributed by atoms with Gasteiger partial charge in [0.25, 0.3) is 0 Å². The highest BCUT2D eigenvalue weighted by Gasteiger charge is 2.45. The minimum Gasteiger partial charge on any atom is -0.445 e. The molecule has 0 radical (unpaired) electrons. The van der Waals surface area contributed by atoms with Gasteiger partial charge in [-0.15, -0.1) is 0 Å². The lowest BCUT2D eigenvalue weighted by atomic mass is 9.98. The van der Waals surface area contributed by atoms with E-state index in [2.05, 4.69) is 5.32 Å². The van der Waals surface area contributed by atoms with Gasteiger partial charge in [0.05, 0.1) is 6.04 Å². The molecule has 0 spiro atoms. The van der Waals surface area contributed by atoms with E-state index in [4.69, 9.17) is 15.6 Å². The van der Waals surface area contributed by atoms with Crippen LogP contribution < -0.4 is 11.1 Å². The minimum absolute atomic E-state index is 0.0560. The molecule has 1 aromatic carbocycles. The summed E-state index contributed by atoms with van der Waals surface area (Å²) in [6.45, 7) is 5.94. The van der Waals surface area contributed by atoms with Crippen LogP contribution in [0, 0.1) is 11.8 Å². The summed E-state index contributed by atoms with van der Waals surface area (Å²) in [6.07, 6.45) is -15.5. The quantitative estimate of drug-likeness (QED) is 0.449. The van der Waals surface area contributed by atoms with Crippen molar-refractivity contribution in [2.75, 3.05) is 0 Å². The van der Waals surface area contributed by atoms with Crippen LogP contribution in [0.2, 0.25) is 0 Å². The van der Waals surface area contributed by atoms with Crippen molar-refractivity contribution in [2.24, 2.45) is 17.6 Å². The fourth-order valence-electron chi connectivity index (χ4n) is 2.30. The van der Waals surface area contributed by atoms with Gasteiger partial charge in [-0.05, 0) is 17.4 Å². The van der Waals surface area contributed by atoms with Crippen molar-refractivity contribution in [3.8, 4) is 0 Å². The molecule has 6 nitrogen and oxygen atoms in total. The second kappa shape index (κ2) is 12.9. The van der Waals surface area contributed by atoms with Crippen LogP contribution in [0.3, 0.4) is 0 Å². The number of alkyl halides is 6. The zero-order valence-corrected chi connectivity index (χ0v) is 18.1. The highest BCUT2D eigenvalue weighted by atomic mass is 19.4. The molecular formula is C20H30F6N2O4. The molecule has 0 aromatic heterocycles. The first-order chi connectivity index (χ1) is 14.5. The summed E-state index contributed by atoms with van der Waals surface area (Å²) in [7, 11) is 0. The third-order valence-corrected chi connectivity index (χ3v) is 4.36. The third kappa shape index (κ3) is 11.0. The first-order valence-corrected chi connectivity index (χ1v) is 9.70. The van der Waals surface area contributed by atoms with E-state index >= 15 is 0 Å². The molecule has 1 rings (SSSR count). The molecule has 0 heterocycles. The minimum atomic E-state index is -4.80.